The molecule has 0 fully saturated rings. The molecule has 0 radical (unpaired) electrons. The van der Waals surface area contributed by atoms with Crippen LogP contribution in [0.2, 0.25) is 0 Å². The molecule has 0 atom stereocenters. The smallest absolute Gasteiger partial charge is 0.287 e. The highest BCUT2D eigenvalue weighted by Gasteiger charge is 2.24. The summed E-state index contributed by atoms with van der Waals surface area (Å²) in [4.78, 5) is 12.8. The van der Waals surface area contributed by atoms with Crippen molar-refractivity contribution >= 4 is 26.7 Å². The third-order valence-electron chi connectivity index (χ3n) is 5.13. The van der Waals surface area contributed by atoms with Crippen LogP contribution in [0, 0.1) is 0 Å². The average Bonchev–Trinajstić information content (AvgIpc) is 3.29. The molecule has 3 aromatic carbocycles. The van der Waals surface area contributed by atoms with Crippen molar-refractivity contribution in [2.75, 3.05) is 0 Å². The van der Waals surface area contributed by atoms with E-state index in [0.717, 1.165) is 10.8 Å². The summed E-state index contributed by atoms with van der Waals surface area (Å²) < 4.78 is 39.7. The Morgan fingerprint density at radius 3 is 2.40 bits per heavy atom. The van der Waals surface area contributed by atoms with Gasteiger partial charge < -0.3 is 14.5 Å². The predicted octanol–water partition coefficient (Wildman–Crippen LogP) is 5.02. The summed E-state index contributed by atoms with van der Waals surface area (Å²) in [7, 11) is -3.75. The minimum absolute atomic E-state index is 0.0314. The van der Waals surface area contributed by atoms with Crippen molar-refractivity contribution in [2.45, 2.75) is 44.4 Å². The lowest BCUT2D eigenvalue weighted by molar-refractivity contribution is 0.0918. The zero-order valence-corrected chi connectivity index (χ0v) is 20.7. The minimum Gasteiger partial charge on any atom is -0.486 e. The van der Waals surface area contributed by atoms with Gasteiger partial charge in [-0.2, -0.15) is 0 Å². The van der Waals surface area contributed by atoms with Gasteiger partial charge in [-0.25, -0.2) is 13.1 Å². The Bertz CT molecular complexity index is 1450. The number of furan rings is 1. The number of carbonyl (C=O) groups excluding carboxylic acids is 1. The van der Waals surface area contributed by atoms with Crippen molar-refractivity contribution in [1.29, 1.82) is 0 Å². The Kier molecular flexibility index (Phi) is 6.95. The van der Waals surface area contributed by atoms with E-state index in [2.05, 4.69) is 10.0 Å². The lowest BCUT2D eigenvalue weighted by Gasteiger charge is -2.21. The van der Waals surface area contributed by atoms with Gasteiger partial charge in [-0.05, 0) is 67.4 Å². The third kappa shape index (κ3) is 6.29. The van der Waals surface area contributed by atoms with Crippen molar-refractivity contribution in [2.24, 2.45) is 0 Å². The Labute approximate surface area is 205 Å². The van der Waals surface area contributed by atoms with Gasteiger partial charge in [0.05, 0.1) is 4.90 Å². The van der Waals surface area contributed by atoms with E-state index in [-0.39, 0.29) is 23.8 Å². The Morgan fingerprint density at radius 1 is 0.914 bits per heavy atom. The Balaban J connectivity index is 1.38. The summed E-state index contributed by atoms with van der Waals surface area (Å²) in [6.45, 7) is 5.52. The summed E-state index contributed by atoms with van der Waals surface area (Å²) in [6, 6.07) is 23.6. The van der Waals surface area contributed by atoms with Gasteiger partial charge in [0.25, 0.3) is 5.91 Å². The average molecular weight is 493 g/mol. The fraction of sp³-hybridized carbons (Fsp3) is 0.222. The number of rotatable bonds is 8. The second-order valence-electron chi connectivity index (χ2n) is 9.21. The van der Waals surface area contributed by atoms with Gasteiger partial charge in [-0.1, -0.05) is 48.5 Å². The molecule has 0 bridgehead atoms. The molecule has 4 rings (SSSR count). The molecule has 7 nitrogen and oxygen atoms in total. The lowest BCUT2D eigenvalue weighted by Crippen LogP contribution is -2.41. The van der Waals surface area contributed by atoms with Crippen LogP contribution in [0.4, 0.5) is 0 Å². The number of hydrogen-bond acceptors (Lipinski definition) is 5. The van der Waals surface area contributed by atoms with Gasteiger partial charge in [0.1, 0.15) is 18.1 Å². The molecule has 0 saturated heterocycles. The monoisotopic (exact) mass is 492 g/mol. The van der Waals surface area contributed by atoms with E-state index < -0.39 is 21.5 Å². The fourth-order valence-corrected chi connectivity index (χ4v) is 5.28. The van der Waals surface area contributed by atoms with Crippen LogP contribution in [-0.2, 0) is 23.2 Å². The maximum absolute atomic E-state index is 12.8. The zero-order chi connectivity index (χ0) is 25.1. The highest BCUT2D eigenvalue weighted by molar-refractivity contribution is 7.89. The van der Waals surface area contributed by atoms with Crippen LogP contribution < -0.4 is 14.8 Å². The van der Waals surface area contributed by atoms with Crippen molar-refractivity contribution < 1.29 is 22.4 Å². The van der Waals surface area contributed by atoms with Crippen LogP contribution in [0.3, 0.4) is 0 Å². The van der Waals surface area contributed by atoms with Crippen molar-refractivity contribution in [3.8, 4) is 5.75 Å². The molecule has 0 aliphatic heterocycles. The summed E-state index contributed by atoms with van der Waals surface area (Å²) in [5, 5.41) is 4.93. The maximum atomic E-state index is 12.8. The standard InChI is InChI=1S/C27H28N2O5S/c1-27(2,3)29-35(31,32)25-11-7-6-10-21(25)17-28-26(30)24-15-14-23(34-24)18-33-22-13-12-19-8-4-5-9-20(19)16-22/h4-16,29H,17-18H2,1-3H3,(H,28,30). The van der Waals surface area contributed by atoms with Crippen molar-refractivity contribution in [3.05, 3.63) is 95.9 Å². The Morgan fingerprint density at radius 2 is 1.63 bits per heavy atom. The van der Waals surface area contributed by atoms with E-state index in [1.807, 2.05) is 42.5 Å². The van der Waals surface area contributed by atoms with Crippen LogP contribution in [0.25, 0.3) is 10.8 Å². The molecule has 0 aliphatic rings. The van der Waals surface area contributed by atoms with Crippen molar-refractivity contribution in [3.63, 3.8) is 0 Å². The van der Waals surface area contributed by atoms with Gasteiger partial charge in [0.15, 0.2) is 5.76 Å². The minimum atomic E-state index is -3.75. The molecule has 2 N–H and O–H groups in total. The van der Waals surface area contributed by atoms with E-state index in [1.54, 1.807) is 51.1 Å². The molecule has 1 aromatic heterocycles. The first-order valence-electron chi connectivity index (χ1n) is 11.2. The molecule has 4 aromatic rings. The number of fused-ring (bicyclic) bond motifs is 1. The number of sulfonamides is 1. The molecule has 182 valence electrons. The summed E-state index contributed by atoms with van der Waals surface area (Å²) >= 11 is 0. The maximum Gasteiger partial charge on any atom is 0.287 e. The number of ether oxygens (including phenoxy) is 1. The number of nitrogens with one attached hydrogen (secondary N) is 2. The molecule has 1 heterocycles. The van der Waals surface area contributed by atoms with Gasteiger partial charge >= 0.3 is 0 Å². The molecule has 0 unspecified atom stereocenters. The number of amides is 1. The summed E-state index contributed by atoms with van der Waals surface area (Å²) in [6.07, 6.45) is 0. The van der Waals surface area contributed by atoms with E-state index in [4.69, 9.17) is 9.15 Å². The van der Waals surface area contributed by atoms with Crippen LogP contribution >= 0.6 is 0 Å². The van der Waals surface area contributed by atoms with E-state index in [9.17, 15) is 13.2 Å². The van der Waals surface area contributed by atoms with Crippen molar-refractivity contribution in [1.82, 2.24) is 10.0 Å². The molecule has 0 saturated carbocycles. The highest BCUT2D eigenvalue weighted by Crippen LogP contribution is 2.22. The molecule has 8 heteroatoms. The number of carbonyl (C=O) groups is 1. The van der Waals surface area contributed by atoms with Gasteiger partial charge in [-0.15, -0.1) is 0 Å². The summed E-state index contributed by atoms with van der Waals surface area (Å²) in [5.74, 6) is 0.877. The molecule has 0 aliphatic carbocycles. The van der Waals surface area contributed by atoms with Crippen LogP contribution in [0.1, 0.15) is 42.6 Å². The topological polar surface area (TPSA) is 97.6 Å². The predicted molar refractivity (Wildman–Crippen MR) is 135 cm³/mol. The molecular weight excluding hydrogens is 464 g/mol. The first kappa shape index (κ1) is 24.5. The van der Waals surface area contributed by atoms with Gasteiger partial charge in [0, 0.05) is 12.1 Å². The number of benzene rings is 3. The summed E-state index contributed by atoms with van der Waals surface area (Å²) in [5.41, 5.74) is -0.154. The second-order valence-corrected chi connectivity index (χ2v) is 10.9. The van der Waals surface area contributed by atoms with Crippen LogP contribution in [0.5, 0.6) is 5.75 Å². The first-order chi connectivity index (χ1) is 16.6. The normalized spacial score (nSPS) is 12.0. The SMILES string of the molecule is CC(C)(C)NS(=O)(=O)c1ccccc1CNC(=O)c1ccc(COc2ccc3ccccc3c2)o1. The molecule has 35 heavy (non-hydrogen) atoms. The van der Waals surface area contributed by atoms with Gasteiger partial charge in [-0.3, -0.25) is 4.79 Å². The number of hydrogen-bond donors (Lipinski definition) is 2. The first-order valence-corrected chi connectivity index (χ1v) is 12.7. The second kappa shape index (κ2) is 9.93. The largest absolute Gasteiger partial charge is 0.486 e. The Hall–Kier alpha value is -3.62. The van der Waals surface area contributed by atoms with Crippen LogP contribution in [-0.4, -0.2) is 19.9 Å². The quantitative estimate of drug-likeness (QED) is 0.360. The molecule has 0 spiro atoms. The van der Waals surface area contributed by atoms with Gasteiger partial charge in [0.2, 0.25) is 10.0 Å². The highest BCUT2D eigenvalue weighted by atomic mass is 32.2. The lowest BCUT2D eigenvalue weighted by atomic mass is 10.1. The fourth-order valence-electron chi connectivity index (χ4n) is 3.62. The van der Waals surface area contributed by atoms with E-state index in [0.29, 0.717) is 17.1 Å². The molecular formula is C27H28N2O5S. The third-order valence-corrected chi connectivity index (χ3v) is 6.99. The molecule has 1 amide bonds. The van der Waals surface area contributed by atoms with E-state index in [1.165, 1.54) is 6.07 Å². The van der Waals surface area contributed by atoms with Crippen LogP contribution in [0.15, 0.2) is 88.2 Å². The van der Waals surface area contributed by atoms with E-state index >= 15 is 0 Å². The zero-order valence-electron chi connectivity index (χ0n) is 19.9.